The van der Waals surface area contributed by atoms with Crippen molar-refractivity contribution in [2.24, 2.45) is 0 Å². The maximum atomic E-state index is 12.8. The van der Waals surface area contributed by atoms with E-state index in [0.717, 1.165) is 14.9 Å². The van der Waals surface area contributed by atoms with Crippen molar-refractivity contribution in [2.45, 2.75) is 0 Å². The van der Waals surface area contributed by atoms with E-state index >= 15 is 0 Å². The number of para-hydroxylation sites is 2. The number of amides is 2. The number of hydrogen-bond acceptors (Lipinski definition) is 3. The molecular weight excluding hydrogens is 525 g/mol. The van der Waals surface area contributed by atoms with Crippen LogP contribution < -0.4 is 10.2 Å². The van der Waals surface area contributed by atoms with Crippen LogP contribution in [-0.4, -0.2) is 42.9 Å². The lowest BCUT2D eigenvalue weighted by Crippen LogP contribution is -2.49. The minimum atomic E-state index is -0.137. The minimum absolute atomic E-state index is 0.0107. The van der Waals surface area contributed by atoms with E-state index in [1.165, 1.54) is 0 Å². The molecule has 158 valence electrons. The third-order valence-corrected chi connectivity index (χ3v) is 6.16. The first-order valence-corrected chi connectivity index (χ1v) is 11.4. The molecule has 7 heteroatoms. The predicted octanol–water partition coefficient (Wildman–Crippen LogP) is 5.16. The van der Waals surface area contributed by atoms with Crippen molar-refractivity contribution in [1.29, 1.82) is 0 Å². The molecule has 0 radical (unpaired) electrons. The molecule has 0 atom stereocenters. The van der Waals surface area contributed by atoms with Gasteiger partial charge < -0.3 is 15.1 Å². The summed E-state index contributed by atoms with van der Waals surface area (Å²) in [5.41, 5.74) is 2.99. The molecule has 0 aromatic heterocycles. The van der Waals surface area contributed by atoms with Gasteiger partial charge in [0, 0.05) is 45.9 Å². The third kappa shape index (κ3) is 5.19. The minimum Gasteiger partial charge on any atom is -0.366 e. The van der Waals surface area contributed by atoms with Crippen LogP contribution in [0.5, 0.6) is 0 Å². The van der Waals surface area contributed by atoms with Crippen molar-refractivity contribution >= 4 is 57.4 Å². The molecule has 0 aliphatic carbocycles. The van der Waals surface area contributed by atoms with Crippen LogP contribution >= 0.6 is 34.2 Å². The fraction of sp³-hybridized carbons (Fsp3) is 0.167. The monoisotopic (exact) mass is 545 g/mol. The molecule has 3 aromatic carbocycles. The Hall–Kier alpha value is -2.58. The van der Waals surface area contributed by atoms with Crippen molar-refractivity contribution in [1.82, 2.24) is 4.90 Å². The maximum absolute atomic E-state index is 12.8. The summed E-state index contributed by atoms with van der Waals surface area (Å²) in [6.07, 6.45) is 0. The number of rotatable bonds is 4. The average Bonchev–Trinajstić information content (AvgIpc) is 2.80. The van der Waals surface area contributed by atoms with Gasteiger partial charge in [-0.2, -0.15) is 0 Å². The Bertz CT molecular complexity index is 1100. The number of carbonyl (C=O) groups is 2. The van der Waals surface area contributed by atoms with Gasteiger partial charge in [-0.1, -0.05) is 29.8 Å². The molecule has 0 spiro atoms. The quantitative estimate of drug-likeness (QED) is 0.461. The van der Waals surface area contributed by atoms with E-state index in [0.29, 0.717) is 42.3 Å². The normalized spacial score (nSPS) is 13.7. The van der Waals surface area contributed by atoms with Crippen LogP contribution in [0.2, 0.25) is 5.02 Å². The number of halogens is 2. The van der Waals surface area contributed by atoms with Crippen LogP contribution in [0.1, 0.15) is 20.7 Å². The maximum Gasteiger partial charge on any atom is 0.255 e. The summed E-state index contributed by atoms with van der Waals surface area (Å²) in [6.45, 7) is 2.60. The Balaban J connectivity index is 1.44. The molecule has 0 unspecified atom stereocenters. The van der Waals surface area contributed by atoms with Gasteiger partial charge in [-0.3, -0.25) is 9.59 Å². The first-order valence-electron chi connectivity index (χ1n) is 9.97. The van der Waals surface area contributed by atoms with E-state index in [1.807, 2.05) is 47.4 Å². The zero-order valence-corrected chi connectivity index (χ0v) is 19.6. The lowest BCUT2D eigenvalue weighted by atomic mass is 10.1. The summed E-state index contributed by atoms with van der Waals surface area (Å²) in [5.74, 6) is -0.126. The fourth-order valence-corrected chi connectivity index (χ4v) is 4.27. The summed E-state index contributed by atoms with van der Waals surface area (Å²) in [7, 11) is 0. The zero-order chi connectivity index (χ0) is 21.8. The molecule has 1 aliphatic heterocycles. The Labute approximate surface area is 200 Å². The number of nitrogens with zero attached hydrogens (tertiary/aromatic N) is 2. The van der Waals surface area contributed by atoms with E-state index < -0.39 is 0 Å². The Morgan fingerprint density at radius 2 is 1.55 bits per heavy atom. The molecule has 5 nitrogen and oxygen atoms in total. The largest absolute Gasteiger partial charge is 0.366 e. The van der Waals surface area contributed by atoms with Crippen LogP contribution in [0, 0.1) is 3.57 Å². The van der Waals surface area contributed by atoms with Crippen LogP contribution in [0.25, 0.3) is 0 Å². The molecule has 1 fully saturated rings. The van der Waals surface area contributed by atoms with Crippen molar-refractivity contribution in [3.8, 4) is 0 Å². The number of piperazine rings is 1. The van der Waals surface area contributed by atoms with Crippen molar-refractivity contribution in [3.05, 3.63) is 92.5 Å². The number of nitrogens with one attached hydrogen (secondary N) is 1. The molecule has 1 heterocycles. The van der Waals surface area contributed by atoms with Crippen LogP contribution in [0.15, 0.2) is 72.8 Å². The average molecular weight is 546 g/mol. The van der Waals surface area contributed by atoms with E-state index in [-0.39, 0.29) is 11.8 Å². The smallest absolute Gasteiger partial charge is 0.255 e. The molecule has 1 saturated heterocycles. The van der Waals surface area contributed by atoms with E-state index in [9.17, 15) is 9.59 Å². The summed E-state index contributed by atoms with van der Waals surface area (Å²) in [6, 6.07) is 22.3. The Kier molecular flexibility index (Phi) is 6.77. The summed E-state index contributed by atoms with van der Waals surface area (Å²) >= 11 is 8.12. The topological polar surface area (TPSA) is 52.7 Å². The van der Waals surface area contributed by atoms with Gasteiger partial charge in [-0.25, -0.2) is 0 Å². The van der Waals surface area contributed by atoms with Gasteiger partial charge in [0.1, 0.15) is 0 Å². The second kappa shape index (κ2) is 9.70. The number of hydrogen-bond donors (Lipinski definition) is 1. The van der Waals surface area contributed by atoms with Crippen molar-refractivity contribution in [2.75, 3.05) is 36.4 Å². The SMILES string of the molecule is O=C(Nc1ccccc1N1CCN(C(=O)c2ccc(Cl)cc2)CC1)c1cccc(I)c1. The molecule has 1 N–H and O–H groups in total. The molecule has 3 aromatic rings. The van der Waals surface area contributed by atoms with Crippen LogP contribution in [-0.2, 0) is 0 Å². The summed E-state index contributed by atoms with van der Waals surface area (Å²) in [4.78, 5) is 29.5. The Morgan fingerprint density at radius 1 is 0.839 bits per heavy atom. The van der Waals surface area contributed by atoms with E-state index in [2.05, 4.69) is 32.8 Å². The Morgan fingerprint density at radius 3 is 2.26 bits per heavy atom. The van der Waals surface area contributed by atoms with Gasteiger partial charge in [-0.05, 0) is 77.2 Å². The third-order valence-electron chi connectivity index (χ3n) is 5.24. The molecule has 0 saturated carbocycles. The van der Waals surface area contributed by atoms with E-state index in [4.69, 9.17) is 11.6 Å². The van der Waals surface area contributed by atoms with E-state index in [1.54, 1.807) is 30.3 Å². The number of anilines is 2. The first-order chi connectivity index (χ1) is 15.0. The number of carbonyl (C=O) groups excluding carboxylic acids is 2. The van der Waals surface area contributed by atoms with Gasteiger partial charge >= 0.3 is 0 Å². The highest BCUT2D eigenvalue weighted by molar-refractivity contribution is 14.1. The standard InChI is InChI=1S/C24H21ClIN3O2/c25-19-10-8-17(9-11-19)24(31)29-14-12-28(13-15-29)22-7-2-1-6-21(22)27-23(30)18-4-3-5-20(26)16-18/h1-11,16H,12-15H2,(H,27,30). The van der Waals surface area contributed by atoms with Gasteiger partial charge in [0.2, 0.25) is 0 Å². The lowest BCUT2D eigenvalue weighted by Gasteiger charge is -2.37. The first kappa shape index (κ1) is 21.6. The van der Waals surface area contributed by atoms with Gasteiger partial charge in [0.25, 0.3) is 11.8 Å². The van der Waals surface area contributed by atoms with Crippen molar-refractivity contribution < 1.29 is 9.59 Å². The van der Waals surface area contributed by atoms with Gasteiger partial charge in [0.05, 0.1) is 11.4 Å². The second-order valence-corrected chi connectivity index (χ2v) is 8.95. The van der Waals surface area contributed by atoms with Gasteiger partial charge in [0.15, 0.2) is 0 Å². The predicted molar refractivity (Wildman–Crippen MR) is 133 cm³/mol. The van der Waals surface area contributed by atoms with Crippen LogP contribution in [0.4, 0.5) is 11.4 Å². The molecular formula is C24H21ClIN3O2. The zero-order valence-electron chi connectivity index (χ0n) is 16.7. The molecule has 0 bridgehead atoms. The van der Waals surface area contributed by atoms with Crippen molar-refractivity contribution in [3.63, 3.8) is 0 Å². The second-order valence-electron chi connectivity index (χ2n) is 7.27. The molecule has 31 heavy (non-hydrogen) atoms. The fourth-order valence-electron chi connectivity index (χ4n) is 3.60. The highest BCUT2D eigenvalue weighted by Gasteiger charge is 2.24. The highest BCUT2D eigenvalue weighted by atomic mass is 127. The number of benzene rings is 3. The highest BCUT2D eigenvalue weighted by Crippen LogP contribution is 2.27. The molecule has 4 rings (SSSR count). The lowest BCUT2D eigenvalue weighted by molar-refractivity contribution is 0.0746. The van der Waals surface area contributed by atoms with Crippen LogP contribution in [0.3, 0.4) is 0 Å². The summed E-state index contributed by atoms with van der Waals surface area (Å²) < 4.78 is 1.01. The summed E-state index contributed by atoms with van der Waals surface area (Å²) in [5, 5.41) is 3.66. The molecule has 2 amide bonds. The molecule has 1 aliphatic rings. The van der Waals surface area contributed by atoms with Gasteiger partial charge in [-0.15, -0.1) is 0 Å².